The van der Waals surface area contributed by atoms with Crippen molar-refractivity contribution in [2.24, 2.45) is 4.99 Å². The summed E-state index contributed by atoms with van der Waals surface area (Å²) >= 11 is 1.83. The summed E-state index contributed by atoms with van der Waals surface area (Å²) in [7, 11) is 2.21. The molecule has 1 aromatic rings. The van der Waals surface area contributed by atoms with Gasteiger partial charge in [0.2, 0.25) is 0 Å². The topological polar surface area (TPSA) is 37.4 Å². The highest BCUT2D eigenvalue weighted by molar-refractivity contribution is 7.14. The highest BCUT2D eigenvalue weighted by atomic mass is 32.1. The summed E-state index contributed by atoms with van der Waals surface area (Å²) in [6, 6.07) is 4.86. The summed E-state index contributed by atoms with van der Waals surface area (Å²) in [4.78, 5) is 14.9. The molecule has 0 aliphatic carbocycles. The standard InChI is InChI=1S/C19H34N6S/c1-4-20-19(21-16-17(2)23-9-7-22(3)8-10-23)25-13-11-24(12-14-25)18-6-5-15-26-18/h5-6,15,17H,4,7-14,16H2,1-3H3,(H,20,21). The van der Waals surface area contributed by atoms with Gasteiger partial charge in [-0.2, -0.15) is 0 Å². The number of nitrogens with one attached hydrogen (secondary N) is 1. The first-order valence-corrected chi connectivity index (χ1v) is 10.8. The molecule has 0 spiro atoms. The van der Waals surface area contributed by atoms with Gasteiger partial charge in [-0.05, 0) is 38.4 Å². The van der Waals surface area contributed by atoms with Crippen LogP contribution in [0.15, 0.2) is 22.5 Å². The van der Waals surface area contributed by atoms with Gasteiger partial charge >= 0.3 is 0 Å². The van der Waals surface area contributed by atoms with Gasteiger partial charge in [-0.3, -0.25) is 9.89 Å². The molecule has 0 saturated carbocycles. The minimum absolute atomic E-state index is 0.504. The largest absolute Gasteiger partial charge is 0.360 e. The van der Waals surface area contributed by atoms with E-state index in [4.69, 9.17) is 4.99 Å². The molecule has 6 nitrogen and oxygen atoms in total. The van der Waals surface area contributed by atoms with Crippen molar-refractivity contribution in [1.29, 1.82) is 0 Å². The zero-order valence-corrected chi connectivity index (χ0v) is 17.3. The van der Waals surface area contributed by atoms with Crippen molar-refractivity contribution in [3.05, 3.63) is 17.5 Å². The number of rotatable bonds is 5. The predicted octanol–water partition coefficient (Wildman–Crippen LogP) is 1.47. The van der Waals surface area contributed by atoms with E-state index in [-0.39, 0.29) is 0 Å². The Morgan fingerprint density at radius 1 is 1.15 bits per heavy atom. The minimum Gasteiger partial charge on any atom is -0.360 e. The fraction of sp³-hybridized carbons (Fsp3) is 0.737. The first-order chi connectivity index (χ1) is 12.7. The highest BCUT2D eigenvalue weighted by Gasteiger charge is 2.22. The van der Waals surface area contributed by atoms with Crippen molar-refractivity contribution in [2.75, 3.05) is 77.4 Å². The van der Waals surface area contributed by atoms with E-state index >= 15 is 0 Å². The second-order valence-corrected chi connectivity index (χ2v) is 8.23. The van der Waals surface area contributed by atoms with E-state index in [2.05, 4.69) is 63.3 Å². The van der Waals surface area contributed by atoms with Crippen molar-refractivity contribution in [2.45, 2.75) is 19.9 Å². The van der Waals surface area contributed by atoms with E-state index in [0.29, 0.717) is 6.04 Å². The third-order valence-corrected chi connectivity index (χ3v) is 6.33. The van der Waals surface area contributed by atoms with E-state index < -0.39 is 0 Å². The number of piperazine rings is 2. The summed E-state index contributed by atoms with van der Waals surface area (Å²) in [5, 5.41) is 7.04. The predicted molar refractivity (Wildman–Crippen MR) is 113 cm³/mol. The molecule has 0 bridgehead atoms. The Labute approximate surface area is 162 Å². The molecule has 3 rings (SSSR count). The average Bonchev–Trinajstić information content (AvgIpc) is 3.20. The van der Waals surface area contributed by atoms with Gasteiger partial charge in [-0.25, -0.2) is 0 Å². The van der Waals surface area contributed by atoms with Crippen LogP contribution >= 0.6 is 11.3 Å². The van der Waals surface area contributed by atoms with Gasteiger partial charge in [0.15, 0.2) is 5.96 Å². The van der Waals surface area contributed by atoms with Crippen molar-refractivity contribution in [3.63, 3.8) is 0 Å². The zero-order chi connectivity index (χ0) is 18.4. The molecule has 7 heteroatoms. The summed E-state index contributed by atoms with van der Waals surface area (Å²) in [6.07, 6.45) is 0. The lowest BCUT2D eigenvalue weighted by Gasteiger charge is -2.38. The SMILES string of the molecule is CCNC(=NCC(C)N1CCN(C)CC1)N1CCN(c2cccs2)CC1. The Morgan fingerprint density at radius 3 is 2.50 bits per heavy atom. The van der Waals surface area contributed by atoms with Crippen LogP contribution < -0.4 is 10.2 Å². The molecule has 0 amide bonds. The maximum atomic E-state index is 4.98. The molecule has 2 fully saturated rings. The van der Waals surface area contributed by atoms with Crippen molar-refractivity contribution >= 4 is 22.3 Å². The number of anilines is 1. The maximum absolute atomic E-state index is 4.98. The monoisotopic (exact) mass is 378 g/mol. The molecule has 26 heavy (non-hydrogen) atoms. The molecular weight excluding hydrogens is 344 g/mol. The van der Waals surface area contributed by atoms with Crippen LogP contribution in [0.5, 0.6) is 0 Å². The second-order valence-electron chi connectivity index (χ2n) is 7.31. The Kier molecular flexibility index (Phi) is 7.16. The summed E-state index contributed by atoms with van der Waals surface area (Å²) in [5.74, 6) is 1.08. The lowest BCUT2D eigenvalue weighted by Crippen LogP contribution is -2.53. The lowest BCUT2D eigenvalue weighted by atomic mass is 10.2. The van der Waals surface area contributed by atoms with Crippen molar-refractivity contribution < 1.29 is 0 Å². The summed E-state index contributed by atoms with van der Waals surface area (Å²) in [6.45, 7) is 15.1. The average molecular weight is 379 g/mol. The lowest BCUT2D eigenvalue weighted by molar-refractivity contribution is 0.122. The molecule has 2 aliphatic rings. The molecule has 3 heterocycles. The number of likely N-dealkylation sites (N-methyl/N-ethyl adjacent to an activating group) is 1. The van der Waals surface area contributed by atoms with Crippen LogP contribution in [0.25, 0.3) is 0 Å². The third-order valence-electron chi connectivity index (χ3n) is 5.40. The molecule has 2 aliphatic heterocycles. The van der Waals surface area contributed by atoms with Gasteiger partial charge in [0.25, 0.3) is 0 Å². The number of nitrogens with zero attached hydrogens (tertiary/aromatic N) is 5. The van der Waals surface area contributed by atoms with Crippen molar-refractivity contribution in [1.82, 2.24) is 20.0 Å². The quantitative estimate of drug-likeness (QED) is 0.620. The van der Waals surface area contributed by atoms with Gasteiger partial charge in [-0.1, -0.05) is 0 Å². The molecule has 146 valence electrons. The van der Waals surface area contributed by atoms with Crippen LogP contribution in [0.2, 0.25) is 0 Å². The number of hydrogen-bond donors (Lipinski definition) is 1. The van der Waals surface area contributed by atoms with Crippen LogP contribution in [0.4, 0.5) is 5.00 Å². The Bertz CT molecular complexity index is 544. The van der Waals surface area contributed by atoms with E-state index in [1.165, 1.54) is 18.1 Å². The number of guanidine groups is 1. The fourth-order valence-electron chi connectivity index (χ4n) is 3.61. The Morgan fingerprint density at radius 2 is 1.88 bits per heavy atom. The molecule has 0 radical (unpaired) electrons. The highest BCUT2D eigenvalue weighted by Crippen LogP contribution is 2.22. The van der Waals surface area contributed by atoms with E-state index in [1.807, 2.05) is 11.3 Å². The molecule has 1 aromatic heterocycles. The molecule has 0 aromatic carbocycles. The van der Waals surface area contributed by atoms with Crippen LogP contribution in [0.1, 0.15) is 13.8 Å². The van der Waals surface area contributed by atoms with Crippen LogP contribution in [0.3, 0.4) is 0 Å². The molecule has 1 atom stereocenters. The normalized spacial score (nSPS) is 21.9. The Balaban J connectivity index is 1.52. The number of aliphatic imine (C=N–C) groups is 1. The van der Waals surface area contributed by atoms with Crippen LogP contribution in [-0.2, 0) is 0 Å². The first-order valence-electron chi connectivity index (χ1n) is 9.91. The van der Waals surface area contributed by atoms with E-state index in [1.54, 1.807) is 0 Å². The second kappa shape index (κ2) is 9.58. The van der Waals surface area contributed by atoms with Gasteiger partial charge in [0.05, 0.1) is 11.5 Å². The summed E-state index contributed by atoms with van der Waals surface area (Å²) in [5.41, 5.74) is 0. The van der Waals surface area contributed by atoms with Gasteiger partial charge < -0.3 is 20.0 Å². The van der Waals surface area contributed by atoms with Crippen LogP contribution in [-0.4, -0.2) is 99.2 Å². The fourth-order valence-corrected chi connectivity index (χ4v) is 4.40. The Hall–Kier alpha value is -1.31. The summed E-state index contributed by atoms with van der Waals surface area (Å²) < 4.78 is 0. The zero-order valence-electron chi connectivity index (χ0n) is 16.5. The van der Waals surface area contributed by atoms with Gasteiger partial charge in [0.1, 0.15) is 0 Å². The van der Waals surface area contributed by atoms with Crippen molar-refractivity contribution in [3.8, 4) is 0 Å². The van der Waals surface area contributed by atoms with E-state index in [0.717, 1.165) is 58.3 Å². The molecule has 1 N–H and O–H groups in total. The van der Waals surface area contributed by atoms with Crippen LogP contribution in [0, 0.1) is 0 Å². The first kappa shape index (κ1) is 19.5. The number of thiophene rings is 1. The smallest absolute Gasteiger partial charge is 0.194 e. The molecule has 2 saturated heterocycles. The third kappa shape index (κ3) is 5.11. The minimum atomic E-state index is 0.504. The molecular formula is C19H34N6S. The number of hydrogen-bond acceptors (Lipinski definition) is 5. The van der Waals surface area contributed by atoms with Gasteiger partial charge in [-0.15, -0.1) is 11.3 Å². The maximum Gasteiger partial charge on any atom is 0.194 e. The van der Waals surface area contributed by atoms with E-state index in [9.17, 15) is 0 Å². The molecule has 1 unspecified atom stereocenters. The van der Waals surface area contributed by atoms with Gasteiger partial charge in [0, 0.05) is 64.9 Å².